The summed E-state index contributed by atoms with van der Waals surface area (Å²) in [6.45, 7) is 3.19. The summed E-state index contributed by atoms with van der Waals surface area (Å²) < 4.78 is 18.7. The Morgan fingerprint density at radius 3 is 2.72 bits per heavy atom. The van der Waals surface area contributed by atoms with Crippen molar-refractivity contribution < 1.29 is 24.1 Å². The van der Waals surface area contributed by atoms with Crippen LogP contribution in [0.5, 0.6) is 5.75 Å². The molecule has 7 heteroatoms. The van der Waals surface area contributed by atoms with E-state index in [1.54, 1.807) is 7.11 Å². The monoisotopic (exact) mass is 486 g/mol. The molecule has 1 aliphatic heterocycles. The third-order valence-corrected chi connectivity index (χ3v) is 7.31. The van der Waals surface area contributed by atoms with E-state index in [1.165, 1.54) is 11.1 Å². The van der Waals surface area contributed by atoms with Gasteiger partial charge in [-0.3, -0.25) is 4.79 Å². The van der Waals surface area contributed by atoms with Crippen molar-refractivity contribution in [3.05, 3.63) is 64.7 Å². The van der Waals surface area contributed by atoms with Gasteiger partial charge in [0.25, 0.3) is 5.91 Å². The van der Waals surface area contributed by atoms with Crippen LogP contribution in [0.2, 0.25) is 0 Å². The predicted octanol–water partition coefficient (Wildman–Crippen LogP) is 3.84. The maximum Gasteiger partial charge on any atom is 0.252 e. The number of fused-ring (bicyclic) bond motifs is 10. The van der Waals surface area contributed by atoms with Gasteiger partial charge in [-0.15, -0.1) is 0 Å². The number of aromatic nitrogens is 1. The average Bonchev–Trinajstić information content (AvgIpc) is 3.44. The fourth-order valence-corrected chi connectivity index (χ4v) is 5.86. The molecule has 2 heterocycles. The lowest BCUT2D eigenvalue weighted by Crippen LogP contribution is -2.16. The zero-order valence-corrected chi connectivity index (χ0v) is 20.4. The first-order chi connectivity index (χ1) is 17.7. The lowest BCUT2D eigenvalue weighted by Gasteiger charge is -2.25. The lowest BCUT2D eigenvalue weighted by molar-refractivity contribution is 0.0544. The van der Waals surface area contributed by atoms with Gasteiger partial charge in [0.05, 0.1) is 37.5 Å². The van der Waals surface area contributed by atoms with Gasteiger partial charge in [-0.1, -0.05) is 24.3 Å². The summed E-state index contributed by atoms with van der Waals surface area (Å²) >= 11 is 0. The number of aliphatic hydroxyl groups is 1. The number of amides is 1. The Hall–Kier alpha value is -3.39. The number of nitrogens with one attached hydrogen (secondary N) is 1. The standard InChI is InChI=1S/C29H30N2O5/c1-34-12-13-35-14-15-36-19-7-9-20-18(16-19)6-8-22-25(20)27-23(17-30-29(27)33)26-21-4-2-3-5-24(21)31(10-11-32)28(22)26/h2-5,7,9,16,32H,6,8,10-15,17H2,1H3,(H,30,33). The number of aliphatic hydroxyl groups excluding tert-OH is 1. The van der Waals surface area contributed by atoms with Gasteiger partial charge in [0.2, 0.25) is 0 Å². The highest BCUT2D eigenvalue weighted by Gasteiger charge is 2.34. The van der Waals surface area contributed by atoms with Gasteiger partial charge in [0.15, 0.2) is 0 Å². The zero-order valence-electron chi connectivity index (χ0n) is 20.4. The minimum absolute atomic E-state index is 0.0106. The van der Waals surface area contributed by atoms with Gasteiger partial charge in [0.1, 0.15) is 12.4 Å². The molecule has 186 valence electrons. The molecular formula is C29H30N2O5. The smallest absolute Gasteiger partial charge is 0.252 e. The van der Waals surface area contributed by atoms with Gasteiger partial charge >= 0.3 is 0 Å². The second-order valence-corrected chi connectivity index (χ2v) is 9.28. The Kier molecular flexibility index (Phi) is 6.13. The molecular weight excluding hydrogens is 456 g/mol. The number of hydrogen-bond acceptors (Lipinski definition) is 5. The molecule has 1 aromatic heterocycles. The van der Waals surface area contributed by atoms with Crippen molar-refractivity contribution in [3.8, 4) is 16.9 Å². The van der Waals surface area contributed by atoms with Gasteiger partial charge in [0, 0.05) is 42.1 Å². The first-order valence-electron chi connectivity index (χ1n) is 12.5. The van der Waals surface area contributed by atoms with Crippen molar-refractivity contribution in [2.45, 2.75) is 25.9 Å². The Bertz CT molecular complexity index is 1470. The normalized spacial score (nSPS) is 14.1. The van der Waals surface area contributed by atoms with E-state index >= 15 is 0 Å². The molecule has 2 N–H and O–H groups in total. The van der Waals surface area contributed by atoms with Crippen molar-refractivity contribution in [3.63, 3.8) is 0 Å². The highest BCUT2D eigenvalue weighted by atomic mass is 16.5. The molecule has 36 heavy (non-hydrogen) atoms. The minimum atomic E-state index is -0.0106. The number of para-hydroxylation sites is 1. The summed E-state index contributed by atoms with van der Waals surface area (Å²) in [7, 11) is 1.65. The van der Waals surface area contributed by atoms with E-state index in [1.807, 2.05) is 18.2 Å². The zero-order chi connectivity index (χ0) is 24.6. The predicted molar refractivity (Wildman–Crippen MR) is 139 cm³/mol. The molecule has 1 amide bonds. The van der Waals surface area contributed by atoms with Crippen LogP contribution in [-0.4, -0.2) is 55.7 Å². The molecule has 2 aliphatic rings. The van der Waals surface area contributed by atoms with Crippen LogP contribution >= 0.6 is 0 Å². The summed E-state index contributed by atoms with van der Waals surface area (Å²) in [6.07, 6.45) is 1.69. The first-order valence-corrected chi connectivity index (χ1v) is 12.5. The number of ether oxygens (including phenoxy) is 3. The fourth-order valence-electron chi connectivity index (χ4n) is 5.86. The number of carbonyl (C=O) groups excluding carboxylic acids is 1. The quantitative estimate of drug-likeness (QED) is 0.352. The number of methoxy groups -OCH3 is 1. The molecule has 0 unspecified atom stereocenters. The lowest BCUT2D eigenvalue weighted by atomic mass is 9.80. The van der Waals surface area contributed by atoms with Crippen molar-refractivity contribution >= 4 is 27.7 Å². The number of hydrogen-bond donors (Lipinski definition) is 2. The van der Waals surface area contributed by atoms with E-state index in [-0.39, 0.29) is 12.5 Å². The molecule has 0 radical (unpaired) electrons. The number of carbonyl (C=O) groups is 1. The molecule has 4 aromatic rings. The van der Waals surface area contributed by atoms with Crippen LogP contribution in [-0.2, 0) is 35.4 Å². The van der Waals surface area contributed by atoms with Crippen molar-refractivity contribution in [1.29, 1.82) is 0 Å². The molecule has 1 aliphatic carbocycles. The topological polar surface area (TPSA) is 82.0 Å². The van der Waals surface area contributed by atoms with Crippen LogP contribution in [0, 0.1) is 0 Å². The summed E-state index contributed by atoms with van der Waals surface area (Å²) in [5.41, 5.74) is 8.60. The largest absolute Gasteiger partial charge is 0.491 e. The first kappa shape index (κ1) is 23.0. The Morgan fingerprint density at radius 1 is 1.00 bits per heavy atom. The molecule has 3 aromatic carbocycles. The van der Waals surface area contributed by atoms with E-state index < -0.39 is 0 Å². The van der Waals surface area contributed by atoms with Crippen molar-refractivity contribution in [2.24, 2.45) is 0 Å². The van der Waals surface area contributed by atoms with Gasteiger partial charge in [-0.05, 0) is 53.3 Å². The van der Waals surface area contributed by atoms with Crippen LogP contribution in [0.15, 0.2) is 42.5 Å². The molecule has 0 saturated heterocycles. The van der Waals surface area contributed by atoms with Crippen molar-refractivity contribution in [1.82, 2.24) is 9.88 Å². The second kappa shape index (κ2) is 9.58. The third kappa shape index (κ3) is 3.66. The highest BCUT2D eigenvalue weighted by Crippen LogP contribution is 2.47. The van der Waals surface area contributed by atoms with Crippen LogP contribution < -0.4 is 10.1 Å². The Labute approximate surface area is 209 Å². The van der Waals surface area contributed by atoms with Gasteiger partial charge in [-0.2, -0.15) is 0 Å². The second-order valence-electron chi connectivity index (χ2n) is 9.28. The summed E-state index contributed by atoms with van der Waals surface area (Å²) in [4.78, 5) is 13.2. The van der Waals surface area contributed by atoms with E-state index in [0.29, 0.717) is 39.5 Å². The van der Waals surface area contributed by atoms with E-state index in [0.717, 1.165) is 62.7 Å². The highest BCUT2D eigenvalue weighted by molar-refractivity contribution is 6.19. The van der Waals surface area contributed by atoms with E-state index in [4.69, 9.17) is 14.2 Å². The van der Waals surface area contributed by atoms with Crippen LogP contribution in [0.4, 0.5) is 0 Å². The van der Waals surface area contributed by atoms with Crippen LogP contribution in [0.3, 0.4) is 0 Å². The number of rotatable bonds is 9. The molecule has 0 bridgehead atoms. The summed E-state index contributed by atoms with van der Waals surface area (Å²) in [5.74, 6) is 0.799. The molecule has 0 atom stereocenters. The fraction of sp³-hybridized carbons (Fsp3) is 0.345. The van der Waals surface area contributed by atoms with E-state index in [9.17, 15) is 9.90 Å². The Morgan fingerprint density at radius 2 is 1.86 bits per heavy atom. The molecule has 0 spiro atoms. The molecule has 0 fully saturated rings. The van der Waals surface area contributed by atoms with Gasteiger partial charge < -0.3 is 29.2 Å². The summed E-state index contributed by atoms with van der Waals surface area (Å²) in [5, 5.41) is 15.3. The number of benzene rings is 3. The SMILES string of the molecule is COCCOCCOc1ccc2c(c1)CCc1c-2c2c(c3c4ccccc4n(CCO)c13)CNC2=O. The van der Waals surface area contributed by atoms with Gasteiger partial charge in [-0.25, -0.2) is 0 Å². The molecule has 0 saturated carbocycles. The molecule has 7 nitrogen and oxygen atoms in total. The summed E-state index contributed by atoms with van der Waals surface area (Å²) in [6, 6.07) is 14.5. The van der Waals surface area contributed by atoms with Crippen molar-refractivity contribution in [2.75, 3.05) is 40.1 Å². The Balaban J connectivity index is 1.46. The molecule has 6 rings (SSSR count). The number of aryl methyl sites for hydroxylation is 2. The average molecular weight is 487 g/mol. The maximum atomic E-state index is 13.2. The minimum Gasteiger partial charge on any atom is -0.491 e. The van der Waals surface area contributed by atoms with Crippen LogP contribution in [0.1, 0.15) is 27.0 Å². The third-order valence-electron chi connectivity index (χ3n) is 7.31. The van der Waals surface area contributed by atoms with Crippen LogP contribution in [0.25, 0.3) is 32.9 Å². The number of nitrogens with zero attached hydrogens (tertiary/aromatic N) is 1. The van der Waals surface area contributed by atoms with E-state index in [2.05, 4.69) is 34.1 Å². The maximum absolute atomic E-state index is 13.2.